The van der Waals surface area contributed by atoms with Crippen LogP contribution < -0.4 is 4.74 Å². The van der Waals surface area contributed by atoms with Crippen LogP contribution in [0.2, 0.25) is 5.02 Å². The standard InChI is InChI=1S/C36H35ClN2O3/c1-3-8-29-33(42-23-28-18-15-25-9-5-6-12-31(25)38-28)20-19-32-35(29)30-11-7-10-26(21-34(40)41-4-2)36(30)39(32)22-24-13-16-27(37)17-14-24/h3,5-6,9,12-20,26H,1,4,7-8,10-11,21-23H2,2H3. The summed E-state index contributed by atoms with van der Waals surface area (Å²) in [5.41, 5.74) is 7.83. The molecule has 1 aliphatic rings. The Bertz CT molecular complexity index is 1760. The molecule has 0 aliphatic heterocycles. The van der Waals surface area contributed by atoms with Crippen LogP contribution in [0.15, 0.2) is 85.5 Å². The van der Waals surface area contributed by atoms with E-state index in [1.165, 1.54) is 16.6 Å². The number of aryl methyl sites for hydroxylation is 1. The Labute approximate surface area is 251 Å². The fourth-order valence-corrected chi connectivity index (χ4v) is 6.49. The number of allylic oxidation sites excluding steroid dienone is 1. The van der Waals surface area contributed by atoms with E-state index in [2.05, 4.69) is 47.5 Å². The molecule has 0 radical (unpaired) electrons. The second-order valence-corrected chi connectivity index (χ2v) is 11.3. The summed E-state index contributed by atoms with van der Waals surface area (Å²) < 4.78 is 14.3. The van der Waals surface area contributed by atoms with Crippen LogP contribution >= 0.6 is 11.6 Å². The maximum Gasteiger partial charge on any atom is 0.306 e. The van der Waals surface area contributed by atoms with E-state index in [4.69, 9.17) is 26.1 Å². The maximum absolute atomic E-state index is 12.7. The lowest BCUT2D eigenvalue weighted by atomic mass is 9.83. The minimum atomic E-state index is -0.142. The van der Waals surface area contributed by atoms with Gasteiger partial charge >= 0.3 is 5.97 Å². The number of hydrogen-bond donors (Lipinski definition) is 0. The van der Waals surface area contributed by atoms with Gasteiger partial charge in [0, 0.05) is 45.0 Å². The predicted molar refractivity (Wildman–Crippen MR) is 169 cm³/mol. The van der Waals surface area contributed by atoms with E-state index in [9.17, 15) is 4.79 Å². The number of halogens is 1. The zero-order valence-electron chi connectivity index (χ0n) is 23.9. The number of pyridine rings is 1. The summed E-state index contributed by atoms with van der Waals surface area (Å²) in [4.78, 5) is 17.5. The number of ether oxygens (including phenoxy) is 2. The van der Waals surface area contributed by atoms with Gasteiger partial charge in [0.25, 0.3) is 0 Å². The smallest absolute Gasteiger partial charge is 0.306 e. The zero-order chi connectivity index (χ0) is 29.1. The molecule has 42 heavy (non-hydrogen) atoms. The molecular formula is C36H35ClN2O3. The van der Waals surface area contributed by atoms with Crippen LogP contribution in [0.3, 0.4) is 0 Å². The SMILES string of the molecule is C=CCc1c(OCc2ccc3ccccc3n2)ccc2c1c1c(n2Cc2ccc(Cl)cc2)C(CC(=O)OCC)CCC1. The molecule has 3 aromatic carbocycles. The topological polar surface area (TPSA) is 53.4 Å². The van der Waals surface area contributed by atoms with Crippen molar-refractivity contribution < 1.29 is 14.3 Å². The minimum Gasteiger partial charge on any atom is -0.487 e. The van der Waals surface area contributed by atoms with E-state index >= 15 is 0 Å². The van der Waals surface area contributed by atoms with Gasteiger partial charge in [-0.05, 0) is 80.1 Å². The molecule has 0 saturated carbocycles. The molecule has 5 aromatic rings. The van der Waals surface area contributed by atoms with Gasteiger partial charge in [-0.25, -0.2) is 4.98 Å². The molecule has 0 amide bonds. The number of fused-ring (bicyclic) bond motifs is 4. The summed E-state index contributed by atoms with van der Waals surface area (Å²) in [6.45, 7) is 7.39. The van der Waals surface area contributed by atoms with E-state index in [0.29, 0.717) is 37.6 Å². The van der Waals surface area contributed by atoms with Crippen LogP contribution in [0.5, 0.6) is 5.75 Å². The number of rotatable bonds is 10. The van der Waals surface area contributed by atoms with E-state index in [1.807, 2.05) is 49.4 Å². The van der Waals surface area contributed by atoms with Crippen molar-refractivity contribution in [1.82, 2.24) is 9.55 Å². The van der Waals surface area contributed by atoms with E-state index in [0.717, 1.165) is 58.3 Å². The molecule has 1 aliphatic carbocycles. The molecule has 1 atom stereocenters. The van der Waals surface area contributed by atoms with Crippen LogP contribution in [-0.4, -0.2) is 22.1 Å². The average molecular weight is 579 g/mol. The number of benzene rings is 3. The van der Waals surface area contributed by atoms with Gasteiger partial charge in [-0.15, -0.1) is 6.58 Å². The molecule has 2 heterocycles. The Morgan fingerprint density at radius 2 is 1.93 bits per heavy atom. The molecule has 0 fully saturated rings. The first kappa shape index (κ1) is 28.0. The second kappa shape index (κ2) is 12.4. The third-order valence-electron chi connectivity index (χ3n) is 8.16. The van der Waals surface area contributed by atoms with Gasteiger partial charge in [-0.1, -0.05) is 54.1 Å². The monoisotopic (exact) mass is 578 g/mol. The third-order valence-corrected chi connectivity index (χ3v) is 8.41. The van der Waals surface area contributed by atoms with E-state index in [-0.39, 0.29) is 11.9 Å². The van der Waals surface area contributed by atoms with Gasteiger partial charge in [0.2, 0.25) is 0 Å². The number of nitrogens with zero attached hydrogens (tertiary/aromatic N) is 2. The first-order valence-corrected chi connectivity index (χ1v) is 15.1. The normalized spacial score (nSPS) is 14.6. The first-order chi connectivity index (χ1) is 20.6. The fraction of sp³-hybridized carbons (Fsp3) is 0.278. The lowest BCUT2D eigenvalue weighted by Gasteiger charge is -2.25. The van der Waals surface area contributed by atoms with Crippen molar-refractivity contribution in [2.24, 2.45) is 0 Å². The first-order valence-electron chi connectivity index (χ1n) is 14.7. The van der Waals surface area contributed by atoms with Crippen LogP contribution in [-0.2, 0) is 35.5 Å². The quantitative estimate of drug-likeness (QED) is 0.123. The average Bonchev–Trinajstić information content (AvgIpc) is 3.32. The van der Waals surface area contributed by atoms with Crippen molar-refractivity contribution in [2.45, 2.75) is 58.1 Å². The Morgan fingerprint density at radius 3 is 2.74 bits per heavy atom. The van der Waals surface area contributed by atoms with Crippen LogP contribution in [0.1, 0.15) is 60.2 Å². The summed E-state index contributed by atoms with van der Waals surface area (Å²) in [7, 11) is 0. The summed E-state index contributed by atoms with van der Waals surface area (Å²) >= 11 is 6.20. The molecule has 0 saturated heterocycles. The second-order valence-electron chi connectivity index (χ2n) is 10.9. The third kappa shape index (κ3) is 5.66. The molecule has 0 spiro atoms. The molecule has 214 valence electrons. The summed E-state index contributed by atoms with van der Waals surface area (Å²) in [6.07, 6.45) is 5.94. The van der Waals surface area contributed by atoms with Gasteiger partial charge < -0.3 is 14.0 Å². The largest absolute Gasteiger partial charge is 0.487 e. The highest BCUT2D eigenvalue weighted by Crippen LogP contribution is 2.44. The molecule has 0 bridgehead atoms. The highest BCUT2D eigenvalue weighted by atomic mass is 35.5. The van der Waals surface area contributed by atoms with Crippen LogP contribution in [0, 0.1) is 0 Å². The highest BCUT2D eigenvalue weighted by molar-refractivity contribution is 6.30. The summed E-state index contributed by atoms with van der Waals surface area (Å²) in [5.74, 6) is 0.795. The number of para-hydroxylation sites is 1. The van der Waals surface area contributed by atoms with Crippen molar-refractivity contribution in [3.05, 3.63) is 119 Å². The van der Waals surface area contributed by atoms with Gasteiger partial charge in [0.1, 0.15) is 12.4 Å². The van der Waals surface area contributed by atoms with Gasteiger partial charge in [0.05, 0.1) is 24.2 Å². The Morgan fingerprint density at radius 1 is 1.10 bits per heavy atom. The van der Waals surface area contributed by atoms with Crippen molar-refractivity contribution in [1.29, 1.82) is 0 Å². The molecule has 2 aromatic heterocycles. The van der Waals surface area contributed by atoms with E-state index in [1.54, 1.807) is 0 Å². The number of carbonyl (C=O) groups is 1. The van der Waals surface area contributed by atoms with Crippen molar-refractivity contribution in [3.8, 4) is 5.75 Å². The van der Waals surface area contributed by atoms with Crippen LogP contribution in [0.4, 0.5) is 0 Å². The molecule has 6 rings (SSSR count). The predicted octanol–water partition coefficient (Wildman–Crippen LogP) is 8.57. The van der Waals surface area contributed by atoms with Gasteiger partial charge in [-0.3, -0.25) is 4.79 Å². The van der Waals surface area contributed by atoms with Crippen molar-refractivity contribution >= 4 is 39.4 Å². The minimum absolute atomic E-state index is 0.0928. The Hall–Kier alpha value is -4.09. The lowest BCUT2D eigenvalue weighted by Crippen LogP contribution is -2.19. The molecular weight excluding hydrogens is 544 g/mol. The number of aromatic nitrogens is 2. The molecule has 1 unspecified atom stereocenters. The maximum atomic E-state index is 12.7. The lowest BCUT2D eigenvalue weighted by molar-refractivity contribution is -0.143. The summed E-state index contributed by atoms with van der Waals surface area (Å²) in [6, 6.07) is 24.5. The highest BCUT2D eigenvalue weighted by Gasteiger charge is 2.31. The van der Waals surface area contributed by atoms with E-state index < -0.39 is 0 Å². The summed E-state index contributed by atoms with van der Waals surface area (Å²) in [5, 5.41) is 3.05. The molecule has 0 N–H and O–H groups in total. The number of esters is 1. The molecule has 5 nitrogen and oxygen atoms in total. The van der Waals surface area contributed by atoms with Crippen LogP contribution in [0.25, 0.3) is 21.8 Å². The molecule has 6 heteroatoms. The van der Waals surface area contributed by atoms with Crippen molar-refractivity contribution in [2.75, 3.05) is 6.61 Å². The Balaban J connectivity index is 1.44. The van der Waals surface area contributed by atoms with Gasteiger partial charge in [0.15, 0.2) is 0 Å². The zero-order valence-corrected chi connectivity index (χ0v) is 24.7. The number of hydrogen-bond acceptors (Lipinski definition) is 4. The Kier molecular flexibility index (Phi) is 8.29. The van der Waals surface area contributed by atoms with Crippen molar-refractivity contribution in [3.63, 3.8) is 0 Å². The van der Waals surface area contributed by atoms with Gasteiger partial charge in [-0.2, -0.15) is 0 Å². The fourth-order valence-electron chi connectivity index (χ4n) is 6.37. The number of carbonyl (C=O) groups excluding carboxylic acids is 1.